The van der Waals surface area contributed by atoms with E-state index in [0.717, 1.165) is 28.3 Å². The molecule has 2 amide bonds. The van der Waals surface area contributed by atoms with Gasteiger partial charge in [-0.25, -0.2) is 8.42 Å². The van der Waals surface area contributed by atoms with Crippen molar-refractivity contribution in [2.75, 3.05) is 23.7 Å². The summed E-state index contributed by atoms with van der Waals surface area (Å²) >= 11 is 9.47. The summed E-state index contributed by atoms with van der Waals surface area (Å²) in [6.07, 6.45) is 2.61. The molecule has 0 unspecified atom stereocenters. The van der Waals surface area contributed by atoms with Crippen molar-refractivity contribution in [3.05, 3.63) is 99.5 Å². The van der Waals surface area contributed by atoms with Crippen LogP contribution in [0, 0.1) is 0 Å². The van der Waals surface area contributed by atoms with Gasteiger partial charge >= 0.3 is 0 Å². The first kappa shape index (κ1) is 31.6. The molecule has 214 valence electrons. The molecule has 0 aliphatic carbocycles. The first-order valence-corrected chi connectivity index (χ1v) is 16.2. The molecule has 3 rings (SSSR count). The molecular weight excluding hydrogens is 614 g/mol. The Balaban J connectivity index is 1.86. The second-order valence-corrected chi connectivity index (χ2v) is 12.8. The Morgan fingerprint density at radius 1 is 0.975 bits per heavy atom. The third-order valence-corrected chi connectivity index (χ3v) is 8.27. The minimum Gasteiger partial charge on any atom is -0.354 e. The number of carbonyl (C=O) groups is 2. The van der Waals surface area contributed by atoms with Crippen molar-refractivity contribution >= 4 is 55.1 Å². The van der Waals surface area contributed by atoms with Gasteiger partial charge in [-0.15, -0.1) is 0 Å². The van der Waals surface area contributed by atoms with Gasteiger partial charge in [0.2, 0.25) is 21.8 Å². The van der Waals surface area contributed by atoms with Gasteiger partial charge in [0.15, 0.2) is 0 Å². The summed E-state index contributed by atoms with van der Waals surface area (Å²) in [5.74, 6) is -0.440. The summed E-state index contributed by atoms with van der Waals surface area (Å²) in [4.78, 5) is 28.8. The smallest absolute Gasteiger partial charge is 0.243 e. The second-order valence-electron chi connectivity index (χ2n) is 9.56. The Morgan fingerprint density at radius 3 is 2.27 bits per heavy atom. The molecule has 0 aromatic heterocycles. The summed E-state index contributed by atoms with van der Waals surface area (Å²) in [6, 6.07) is 23.1. The van der Waals surface area contributed by atoms with Crippen LogP contribution in [-0.4, -0.2) is 50.5 Å². The molecule has 0 spiro atoms. The van der Waals surface area contributed by atoms with E-state index in [1.807, 2.05) is 61.5 Å². The Morgan fingerprint density at radius 2 is 1.65 bits per heavy atom. The summed E-state index contributed by atoms with van der Waals surface area (Å²) < 4.78 is 27.2. The highest BCUT2D eigenvalue weighted by Crippen LogP contribution is 2.22. The van der Waals surface area contributed by atoms with Gasteiger partial charge in [-0.2, -0.15) is 0 Å². The van der Waals surface area contributed by atoms with Crippen molar-refractivity contribution in [3.8, 4) is 0 Å². The minimum atomic E-state index is -3.59. The zero-order valence-corrected chi connectivity index (χ0v) is 25.9. The van der Waals surface area contributed by atoms with Gasteiger partial charge in [-0.05, 0) is 60.4 Å². The van der Waals surface area contributed by atoms with Crippen LogP contribution < -0.4 is 9.62 Å². The van der Waals surface area contributed by atoms with E-state index in [0.29, 0.717) is 23.7 Å². The number of nitrogens with zero attached hydrogens (tertiary/aromatic N) is 2. The fraction of sp³-hybridized carbons (Fsp3) is 0.333. The highest BCUT2D eigenvalue weighted by Gasteiger charge is 2.30. The van der Waals surface area contributed by atoms with Gasteiger partial charge in [0.25, 0.3) is 0 Å². The number of sulfonamides is 1. The first-order valence-electron chi connectivity index (χ1n) is 13.2. The molecule has 1 N–H and O–H groups in total. The summed E-state index contributed by atoms with van der Waals surface area (Å²) in [7, 11) is -3.59. The lowest BCUT2D eigenvalue weighted by Crippen LogP contribution is -2.50. The number of hydrogen-bond acceptors (Lipinski definition) is 4. The van der Waals surface area contributed by atoms with Gasteiger partial charge in [-0.1, -0.05) is 76.9 Å². The lowest BCUT2D eigenvalue weighted by molar-refractivity contribution is -0.141. The molecule has 0 bridgehead atoms. The van der Waals surface area contributed by atoms with Crippen LogP contribution in [-0.2, 0) is 32.6 Å². The predicted octanol–water partition coefficient (Wildman–Crippen LogP) is 5.82. The van der Waals surface area contributed by atoms with Crippen LogP contribution in [0.4, 0.5) is 5.69 Å². The quantitative estimate of drug-likeness (QED) is 0.239. The molecule has 0 saturated heterocycles. The lowest BCUT2D eigenvalue weighted by Gasteiger charge is -2.32. The van der Waals surface area contributed by atoms with Crippen LogP contribution in [0.15, 0.2) is 83.3 Å². The molecule has 0 saturated carbocycles. The third-order valence-electron chi connectivity index (χ3n) is 6.33. The highest BCUT2D eigenvalue weighted by molar-refractivity contribution is 9.10. The number of carbonyl (C=O) groups excluding carboxylic acids is 2. The second kappa shape index (κ2) is 15.2. The Bertz CT molecular complexity index is 1370. The van der Waals surface area contributed by atoms with Gasteiger partial charge in [0, 0.05) is 42.0 Å². The van der Waals surface area contributed by atoms with Crippen molar-refractivity contribution < 1.29 is 18.0 Å². The van der Waals surface area contributed by atoms with Crippen LogP contribution in [0.3, 0.4) is 0 Å². The predicted molar refractivity (Wildman–Crippen MR) is 165 cm³/mol. The molecule has 0 fully saturated rings. The van der Waals surface area contributed by atoms with Crippen LogP contribution in [0.2, 0.25) is 5.02 Å². The Hall–Kier alpha value is -2.88. The van der Waals surface area contributed by atoms with Crippen molar-refractivity contribution in [2.45, 2.75) is 45.2 Å². The largest absolute Gasteiger partial charge is 0.354 e. The van der Waals surface area contributed by atoms with Crippen molar-refractivity contribution in [1.29, 1.82) is 0 Å². The SMILES string of the molecule is CCCNC(=O)[C@@H](Cc1ccccc1)N(Cc1cccc(Br)c1)C(=O)CCCN(c1ccc(Cl)cc1)S(C)(=O)=O. The average Bonchev–Trinajstić information content (AvgIpc) is 2.92. The van der Waals surface area contributed by atoms with Gasteiger partial charge in [-0.3, -0.25) is 13.9 Å². The minimum absolute atomic E-state index is 0.0694. The van der Waals surface area contributed by atoms with Crippen LogP contribution >= 0.6 is 27.5 Å². The van der Waals surface area contributed by atoms with E-state index in [1.54, 1.807) is 29.2 Å². The zero-order chi connectivity index (χ0) is 29.1. The number of nitrogens with one attached hydrogen (secondary N) is 1. The van der Waals surface area contributed by atoms with E-state index < -0.39 is 16.1 Å². The first-order chi connectivity index (χ1) is 19.1. The molecule has 0 radical (unpaired) electrons. The zero-order valence-electron chi connectivity index (χ0n) is 22.7. The van der Waals surface area contributed by atoms with Crippen LogP contribution in [0.1, 0.15) is 37.3 Å². The fourth-order valence-electron chi connectivity index (χ4n) is 4.36. The Kier molecular flexibility index (Phi) is 12.0. The van der Waals surface area contributed by atoms with E-state index in [1.165, 1.54) is 4.31 Å². The molecular formula is C30H35BrClN3O4S. The monoisotopic (exact) mass is 647 g/mol. The van der Waals surface area contributed by atoms with Crippen LogP contribution in [0.25, 0.3) is 0 Å². The molecule has 7 nitrogen and oxygen atoms in total. The van der Waals surface area contributed by atoms with Crippen molar-refractivity contribution in [1.82, 2.24) is 10.2 Å². The molecule has 0 aliphatic rings. The standard InChI is InChI=1S/C30H35BrClN3O4S/c1-3-18-33-30(37)28(21-23-9-5-4-6-10-23)34(22-24-11-7-12-25(31)20-24)29(36)13-8-19-35(40(2,38)39)27-16-14-26(32)15-17-27/h4-7,9-12,14-17,20,28H,3,8,13,18-19,21-22H2,1-2H3,(H,33,37)/t28-/m1/s1. The number of benzene rings is 3. The summed E-state index contributed by atoms with van der Waals surface area (Å²) in [6.45, 7) is 2.84. The third kappa shape index (κ3) is 9.64. The van der Waals surface area contributed by atoms with E-state index in [9.17, 15) is 18.0 Å². The molecule has 0 aliphatic heterocycles. The number of rotatable bonds is 14. The highest BCUT2D eigenvalue weighted by atomic mass is 79.9. The van der Waals surface area contributed by atoms with Gasteiger partial charge in [0.05, 0.1) is 11.9 Å². The molecule has 10 heteroatoms. The summed E-state index contributed by atoms with van der Waals surface area (Å²) in [5.41, 5.74) is 2.30. The van der Waals surface area contributed by atoms with Crippen molar-refractivity contribution in [2.24, 2.45) is 0 Å². The van der Waals surface area contributed by atoms with E-state index in [-0.39, 0.29) is 37.7 Å². The topological polar surface area (TPSA) is 86.8 Å². The normalized spacial score (nSPS) is 12.0. The van der Waals surface area contributed by atoms with Crippen LogP contribution in [0.5, 0.6) is 0 Å². The molecule has 1 atom stereocenters. The van der Waals surface area contributed by atoms with Gasteiger partial charge in [0.1, 0.15) is 6.04 Å². The maximum absolute atomic E-state index is 13.8. The van der Waals surface area contributed by atoms with E-state index >= 15 is 0 Å². The molecule has 3 aromatic rings. The number of anilines is 1. The van der Waals surface area contributed by atoms with Crippen molar-refractivity contribution in [3.63, 3.8) is 0 Å². The number of halogens is 2. The fourth-order valence-corrected chi connectivity index (χ4v) is 5.90. The lowest BCUT2D eigenvalue weighted by atomic mass is 10.0. The number of hydrogen-bond donors (Lipinski definition) is 1. The molecule has 3 aromatic carbocycles. The van der Waals surface area contributed by atoms with E-state index in [4.69, 9.17) is 11.6 Å². The average molecular weight is 649 g/mol. The summed E-state index contributed by atoms with van der Waals surface area (Å²) in [5, 5.41) is 3.47. The molecule has 40 heavy (non-hydrogen) atoms. The van der Waals surface area contributed by atoms with E-state index in [2.05, 4.69) is 21.2 Å². The van der Waals surface area contributed by atoms with Gasteiger partial charge < -0.3 is 10.2 Å². The molecule has 0 heterocycles. The number of amides is 2. The maximum atomic E-state index is 13.8. The maximum Gasteiger partial charge on any atom is 0.243 e. The Labute approximate surface area is 250 Å².